The molecule has 5 rings (SSSR count). The molecule has 35 heavy (non-hydrogen) atoms. The van der Waals surface area contributed by atoms with Gasteiger partial charge in [-0.2, -0.15) is 4.98 Å². The Morgan fingerprint density at radius 1 is 1.17 bits per heavy atom. The Morgan fingerprint density at radius 2 is 1.97 bits per heavy atom. The number of pyridine rings is 1. The number of halogens is 1. The molecule has 0 spiro atoms. The van der Waals surface area contributed by atoms with Crippen molar-refractivity contribution in [2.45, 2.75) is 25.8 Å². The predicted octanol–water partition coefficient (Wildman–Crippen LogP) is 4.29. The lowest BCUT2D eigenvalue weighted by Gasteiger charge is -2.17. The fraction of sp³-hybridized carbons (Fsp3) is 0.231. The van der Waals surface area contributed by atoms with Crippen LogP contribution in [0.1, 0.15) is 29.2 Å². The van der Waals surface area contributed by atoms with Crippen molar-refractivity contribution in [3.63, 3.8) is 0 Å². The average Bonchev–Trinajstić information content (AvgIpc) is 3.25. The first kappa shape index (κ1) is 22.5. The minimum Gasteiger partial charge on any atom is -0.357 e. The highest BCUT2D eigenvalue weighted by Crippen LogP contribution is 2.32. The van der Waals surface area contributed by atoms with Crippen LogP contribution in [0.25, 0.3) is 22.2 Å². The van der Waals surface area contributed by atoms with Gasteiger partial charge in [-0.15, -0.1) is 0 Å². The molecule has 3 N–H and O–H groups in total. The largest absolute Gasteiger partial charge is 0.357 e. The molecule has 9 heteroatoms. The van der Waals surface area contributed by atoms with Gasteiger partial charge in [-0.1, -0.05) is 24.3 Å². The van der Waals surface area contributed by atoms with Gasteiger partial charge >= 0.3 is 6.03 Å². The van der Waals surface area contributed by atoms with Crippen LogP contribution in [0.15, 0.2) is 53.5 Å². The summed E-state index contributed by atoms with van der Waals surface area (Å²) in [5.41, 5.74) is 3.94. The Bertz CT molecular complexity index is 1530. The molecule has 0 fully saturated rings. The molecule has 0 saturated carbocycles. The van der Waals surface area contributed by atoms with E-state index in [1.807, 2.05) is 18.2 Å². The topological polar surface area (TPSA) is 101 Å². The smallest absolute Gasteiger partial charge is 0.319 e. The molecular weight excluding hydrogens is 447 g/mol. The van der Waals surface area contributed by atoms with Crippen LogP contribution in [-0.2, 0) is 13.5 Å². The first-order valence-corrected chi connectivity index (χ1v) is 11.4. The van der Waals surface area contributed by atoms with Crippen LogP contribution in [-0.4, -0.2) is 27.6 Å². The van der Waals surface area contributed by atoms with Crippen molar-refractivity contribution in [2.75, 3.05) is 17.7 Å². The summed E-state index contributed by atoms with van der Waals surface area (Å²) < 4.78 is 16.3. The summed E-state index contributed by atoms with van der Waals surface area (Å²) in [7, 11) is 3.33. The summed E-state index contributed by atoms with van der Waals surface area (Å²) in [5.74, 6) is -0.173. The third-order valence-electron chi connectivity index (χ3n) is 6.46. The number of fused-ring (bicyclic) bond motifs is 2. The van der Waals surface area contributed by atoms with Crippen LogP contribution in [0.2, 0.25) is 0 Å². The zero-order chi connectivity index (χ0) is 24.7. The maximum atomic E-state index is 14.8. The second kappa shape index (κ2) is 8.83. The highest BCUT2D eigenvalue weighted by atomic mass is 19.1. The maximum Gasteiger partial charge on any atom is 0.319 e. The molecule has 0 radical (unpaired) electrons. The minimum atomic E-state index is -0.576. The molecule has 2 aromatic carbocycles. The van der Waals surface area contributed by atoms with Crippen molar-refractivity contribution < 1.29 is 9.18 Å². The van der Waals surface area contributed by atoms with Crippen LogP contribution in [0, 0.1) is 12.7 Å². The van der Waals surface area contributed by atoms with Crippen molar-refractivity contribution >= 4 is 28.7 Å². The van der Waals surface area contributed by atoms with E-state index in [1.54, 1.807) is 33.3 Å². The number of aryl methyl sites for hydroxylation is 3. The molecule has 0 unspecified atom stereocenters. The molecule has 0 saturated heterocycles. The Hall–Kier alpha value is -4.27. The number of carbonyl (C=O) groups is 1. The number of urea groups is 1. The van der Waals surface area contributed by atoms with E-state index in [0.29, 0.717) is 33.7 Å². The molecule has 1 atom stereocenters. The fourth-order valence-corrected chi connectivity index (χ4v) is 4.64. The lowest BCUT2D eigenvalue weighted by molar-refractivity contribution is 0.248. The van der Waals surface area contributed by atoms with Crippen molar-refractivity contribution in [1.29, 1.82) is 0 Å². The van der Waals surface area contributed by atoms with Crippen molar-refractivity contribution in [1.82, 2.24) is 19.9 Å². The summed E-state index contributed by atoms with van der Waals surface area (Å²) >= 11 is 0. The Balaban J connectivity index is 1.47. The molecule has 8 nitrogen and oxygen atoms in total. The van der Waals surface area contributed by atoms with Crippen LogP contribution in [0.4, 0.5) is 20.8 Å². The second-order valence-electron chi connectivity index (χ2n) is 8.68. The monoisotopic (exact) mass is 472 g/mol. The van der Waals surface area contributed by atoms with Gasteiger partial charge in [0.25, 0.3) is 5.56 Å². The van der Waals surface area contributed by atoms with Gasteiger partial charge in [-0.05, 0) is 60.2 Å². The molecule has 0 aliphatic heterocycles. The summed E-state index contributed by atoms with van der Waals surface area (Å²) in [6, 6.07) is 11.8. The highest BCUT2D eigenvalue weighted by Gasteiger charge is 2.24. The van der Waals surface area contributed by atoms with Crippen LogP contribution in [0.5, 0.6) is 0 Å². The van der Waals surface area contributed by atoms with Crippen molar-refractivity contribution in [2.24, 2.45) is 7.05 Å². The summed E-state index contributed by atoms with van der Waals surface area (Å²) in [6.45, 7) is 1.72. The molecule has 178 valence electrons. The summed E-state index contributed by atoms with van der Waals surface area (Å²) in [4.78, 5) is 34.5. The first-order valence-electron chi connectivity index (χ1n) is 11.4. The molecule has 2 heterocycles. The SMILES string of the molecule is CNc1ncc2cc(-c3cc(NC(=O)N[C@@H]4CCc5ccccc54)c(F)cc3C)c(=O)n(C)c2n1. The summed E-state index contributed by atoms with van der Waals surface area (Å²) in [6.07, 6.45) is 3.30. The van der Waals surface area contributed by atoms with Crippen molar-refractivity contribution in [3.05, 3.63) is 81.5 Å². The van der Waals surface area contributed by atoms with Gasteiger partial charge in [0.05, 0.1) is 11.7 Å². The van der Waals surface area contributed by atoms with Gasteiger partial charge in [0.1, 0.15) is 11.5 Å². The Kier molecular flexibility index (Phi) is 5.68. The lowest BCUT2D eigenvalue weighted by atomic mass is 9.99. The molecule has 2 aromatic heterocycles. The molecule has 1 aliphatic carbocycles. The van der Waals surface area contributed by atoms with E-state index < -0.39 is 11.8 Å². The Morgan fingerprint density at radius 3 is 2.77 bits per heavy atom. The predicted molar refractivity (Wildman–Crippen MR) is 134 cm³/mol. The number of benzene rings is 2. The number of carbonyl (C=O) groups excluding carboxylic acids is 1. The number of anilines is 2. The molecular formula is C26H25FN6O2. The van der Waals surface area contributed by atoms with E-state index in [-0.39, 0.29) is 17.3 Å². The van der Waals surface area contributed by atoms with Gasteiger partial charge in [-0.25, -0.2) is 14.2 Å². The van der Waals surface area contributed by atoms with Gasteiger partial charge in [0.2, 0.25) is 5.95 Å². The van der Waals surface area contributed by atoms with Gasteiger partial charge in [0, 0.05) is 31.2 Å². The standard InChI is InChI=1S/C26H25FN6O2/c1-14-10-20(27)22(31-26(35)30-21-9-8-15-6-4-5-7-17(15)21)12-18(14)19-11-16-13-29-25(28-2)32-23(16)33(3)24(19)34/h4-7,10-13,21H,8-9H2,1-3H3,(H,28,29,32)(H2,30,31,35)/t21-/m1/s1. The zero-order valence-electron chi connectivity index (χ0n) is 19.6. The molecule has 4 aromatic rings. The fourth-order valence-electron chi connectivity index (χ4n) is 4.64. The third kappa shape index (κ3) is 4.09. The number of amides is 2. The van der Waals surface area contributed by atoms with Gasteiger partial charge in [-0.3, -0.25) is 9.36 Å². The average molecular weight is 473 g/mol. The third-order valence-corrected chi connectivity index (χ3v) is 6.46. The maximum absolute atomic E-state index is 14.8. The number of nitrogens with zero attached hydrogens (tertiary/aromatic N) is 3. The van der Waals surface area contributed by atoms with E-state index in [2.05, 4.69) is 32.0 Å². The molecule has 2 amide bonds. The van der Waals surface area contributed by atoms with Crippen LogP contribution in [0.3, 0.4) is 0 Å². The number of hydrogen-bond acceptors (Lipinski definition) is 5. The minimum absolute atomic E-state index is 0.00156. The van der Waals surface area contributed by atoms with Crippen molar-refractivity contribution in [3.8, 4) is 11.1 Å². The number of aromatic nitrogens is 3. The van der Waals surface area contributed by atoms with Gasteiger partial charge < -0.3 is 16.0 Å². The zero-order valence-corrected chi connectivity index (χ0v) is 19.6. The van der Waals surface area contributed by atoms with E-state index in [9.17, 15) is 14.0 Å². The molecule has 1 aliphatic rings. The molecule has 0 bridgehead atoms. The van der Waals surface area contributed by atoms with Gasteiger partial charge in [0.15, 0.2) is 0 Å². The highest BCUT2D eigenvalue weighted by molar-refractivity contribution is 5.91. The van der Waals surface area contributed by atoms with Crippen LogP contribution < -0.4 is 21.5 Å². The quantitative estimate of drug-likeness (QED) is 0.411. The Labute approximate surface area is 201 Å². The first-order chi connectivity index (χ1) is 16.9. The second-order valence-corrected chi connectivity index (χ2v) is 8.68. The van der Waals surface area contributed by atoms with E-state index in [4.69, 9.17) is 0 Å². The normalized spacial score (nSPS) is 14.6. The van der Waals surface area contributed by atoms with E-state index in [1.165, 1.54) is 22.3 Å². The van der Waals surface area contributed by atoms with Crippen LogP contribution >= 0.6 is 0 Å². The van der Waals surface area contributed by atoms with E-state index >= 15 is 0 Å². The van der Waals surface area contributed by atoms with E-state index in [0.717, 1.165) is 18.4 Å². The number of rotatable bonds is 4. The summed E-state index contributed by atoms with van der Waals surface area (Å²) in [5, 5.41) is 9.08. The number of hydrogen-bond donors (Lipinski definition) is 3. The lowest BCUT2D eigenvalue weighted by Crippen LogP contribution is -2.32. The number of nitrogens with one attached hydrogen (secondary N) is 3.